The third-order valence-corrected chi connectivity index (χ3v) is 2.56. The first-order valence-electron chi connectivity index (χ1n) is 5.71. The zero-order valence-electron chi connectivity index (χ0n) is 9.34. The van der Waals surface area contributed by atoms with Gasteiger partial charge in [0.05, 0.1) is 0 Å². The lowest BCUT2D eigenvalue weighted by Crippen LogP contribution is -1.81. The standard InChI is InChI=1S/C16H16/c1-3-9-15(10-4-1)13-7-8-14-16-11-5-2-6-12-16/h1-5,7-11,13-14H,6,12H2. The molecule has 0 amide bonds. The monoisotopic (exact) mass is 208 g/mol. The SMILES string of the molecule is C1=CCCC(C=CC=Cc2ccccc2)=C1. The predicted molar refractivity (Wildman–Crippen MR) is 71.1 cm³/mol. The van der Waals surface area contributed by atoms with Crippen molar-refractivity contribution in [3.05, 3.63) is 77.9 Å². The van der Waals surface area contributed by atoms with E-state index in [1.54, 1.807) is 0 Å². The predicted octanol–water partition coefficient (Wildman–Crippen LogP) is 4.53. The topological polar surface area (TPSA) is 0 Å². The highest BCUT2D eigenvalue weighted by Crippen LogP contribution is 2.12. The molecule has 0 nitrogen and oxygen atoms in total. The third kappa shape index (κ3) is 3.39. The van der Waals surface area contributed by atoms with E-state index in [9.17, 15) is 0 Å². The van der Waals surface area contributed by atoms with Crippen LogP contribution in [0.3, 0.4) is 0 Å². The first-order chi connectivity index (χ1) is 7.95. The van der Waals surface area contributed by atoms with E-state index in [4.69, 9.17) is 0 Å². The molecule has 0 N–H and O–H groups in total. The zero-order chi connectivity index (χ0) is 11.1. The van der Waals surface area contributed by atoms with E-state index >= 15 is 0 Å². The van der Waals surface area contributed by atoms with E-state index in [1.807, 2.05) is 6.07 Å². The fourth-order valence-corrected chi connectivity index (χ4v) is 1.67. The molecule has 1 aliphatic carbocycles. The summed E-state index contributed by atoms with van der Waals surface area (Å²) >= 11 is 0. The maximum Gasteiger partial charge on any atom is -0.0244 e. The van der Waals surface area contributed by atoms with Gasteiger partial charge in [0.15, 0.2) is 0 Å². The van der Waals surface area contributed by atoms with Crippen LogP contribution < -0.4 is 0 Å². The minimum atomic E-state index is 1.16. The van der Waals surface area contributed by atoms with Gasteiger partial charge >= 0.3 is 0 Å². The number of hydrogen-bond acceptors (Lipinski definition) is 0. The van der Waals surface area contributed by atoms with Crippen LogP contribution in [0.25, 0.3) is 6.08 Å². The van der Waals surface area contributed by atoms with Gasteiger partial charge in [0.1, 0.15) is 0 Å². The van der Waals surface area contributed by atoms with E-state index in [0.717, 1.165) is 6.42 Å². The lowest BCUT2D eigenvalue weighted by atomic mass is 10.0. The van der Waals surface area contributed by atoms with Crippen LogP contribution in [0, 0.1) is 0 Å². The maximum absolute atomic E-state index is 2.21. The van der Waals surface area contributed by atoms with Crippen molar-refractivity contribution in [1.29, 1.82) is 0 Å². The van der Waals surface area contributed by atoms with Crippen LogP contribution in [0.4, 0.5) is 0 Å². The average molecular weight is 208 g/mol. The number of allylic oxidation sites excluding steroid dienone is 7. The Hall–Kier alpha value is -1.82. The van der Waals surface area contributed by atoms with E-state index in [2.05, 4.69) is 66.8 Å². The highest BCUT2D eigenvalue weighted by atomic mass is 14.0. The minimum Gasteiger partial charge on any atom is -0.0842 e. The van der Waals surface area contributed by atoms with Crippen molar-refractivity contribution in [3.8, 4) is 0 Å². The van der Waals surface area contributed by atoms with Crippen LogP contribution in [0.5, 0.6) is 0 Å². The van der Waals surface area contributed by atoms with Crippen LogP contribution in [0.15, 0.2) is 72.4 Å². The molecule has 0 heteroatoms. The van der Waals surface area contributed by atoms with Gasteiger partial charge in [0.25, 0.3) is 0 Å². The largest absolute Gasteiger partial charge is 0.0842 e. The molecule has 0 aliphatic heterocycles. The molecule has 0 spiro atoms. The Balaban J connectivity index is 1.92. The second-order valence-corrected chi connectivity index (χ2v) is 3.84. The molecule has 0 bridgehead atoms. The summed E-state index contributed by atoms with van der Waals surface area (Å²) in [6, 6.07) is 10.3. The van der Waals surface area contributed by atoms with Crippen LogP contribution in [0.2, 0.25) is 0 Å². The third-order valence-electron chi connectivity index (χ3n) is 2.56. The van der Waals surface area contributed by atoms with Crippen molar-refractivity contribution >= 4 is 6.08 Å². The quantitative estimate of drug-likeness (QED) is 0.640. The van der Waals surface area contributed by atoms with Crippen molar-refractivity contribution in [1.82, 2.24) is 0 Å². The highest BCUT2D eigenvalue weighted by Gasteiger charge is 1.92. The number of benzene rings is 1. The van der Waals surface area contributed by atoms with Gasteiger partial charge in [0, 0.05) is 0 Å². The molecule has 1 aromatic carbocycles. The Morgan fingerprint density at radius 2 is 1.75 bits per heavy atom. The molecule has 0 fully saturated rings. The molecule has 0 aromatic heterocycles. The smallest absolute Gasteiger partial charge is 0.0244 e. The molecule has 0 heterocycles. The molecule has 0 saturated carbocycles. The van der Waals surface area contributed by atoms with Gasteiger partial charge in [0.2, 0.25) is 0 Å². The van der Waals surface area contributed by atoms with Crippen LogP contribution >= 0.6 is 0 Å². The van der Waals surface area contributed by atoms with Crippen molar-refractivity contribution in [2.24, 2.45) is 0 Å². The summed E-state index contributed by atoms with van der Waals surface area (Å²) in [5.41, 5.74) is 2.64. The summed E-state index contributed by atoms with van der Waals surface area (Å²) < 4.78 is 0. The van der Waals surface area contributed by atoms with Crippen molar-refractivity contribution in [2.45, 2.75) is 12.8 Å². The van der Waals surface area contributed by atoms with E-state index in [0.29, 0.717) is 0 Å². The molecule has 2 rings (SSSR count). The lowest BCUT2D eigenvalue weighted by Gasteiger charge is -2.01. The average Bonchev–Trinajstić information content (AvgIpc) is 2.37. The second kappa shape index (κ2) is 5.92. The van der Waals surface area contributed by atoms with Crippen molar-refractivity contribution in [2.75, 3.05) is 0 Å². The van der Waals surface area contributed by atoms with Gasteiger partial charge < -0.3 is 0 Å². The molecule has 80 valence electrons. The van der Waals surface area contributed by atoms with Gasteiger partial charge in [-0.2, -0.15) is 0 Å². The van der Waals surface area contributed by atoms with Crippen LogP contribution in [-0.4, -0.2) is 0 Å². The second-order valence-electron chi connectivity index (χ2n) is 3.84. The molecule has 0 atom stereocenters. The van der Waals surface area contributed by atoms with Gasteiger partial charge in [-0.3, -0.25) is 0 Å². The summed E-state index contributed by atoms with van der Waals surface area (Å²) in [7, 11) is 0. The summed E-state index contributed by atoms with van der Waals surface area (Å²) in [6.07, 6.45) is 17.3. The number of hydrogen-bond donors (Lipinski definition) is 0. The first-order valence-corrected chi connectivity index (χ1v) is 5.71. The Morgan fingerprint density at radius 3 is 2.50 bits per heavy atom. The molecule has 0 radical (unpaired) electrons. The molecule has 16 heavy (non-hydrogen) atoms. The number of rotatable bonds is 3. The Bertz CT molecular complexity index is 430. The van der Waals surface area contributed by atoms with Gasteiger partial charge in [-0.15, -0.1) is 0 Å². The van der Waals surface area contributed by atoms with Crippen molar-refractivity contribution < 1.29 is 0 Å². The highest BCUT2D eigenvalue weighted by molar-refractivity contribution is 5.51. The fraction of sp³-hybridized carbons (Fsp3) is 0.125. The lowest BCUT2D eigenvalue weighted by molar-refractivity contribution is 0.991. The zero-order valence-corrected chi connectivity index (χ0v) is 9.34. The Kier molecular flexibility index (Phi) is 3.95. The van der Waals surface area contributed by atoms with E-state index in [-0.39, 0.29) is 0 Å². The van der Waals surface area contributed by atoms with Gasteiger partial charge in [-0.25, -0.2) is 0 Å². The van der Waals surface area contributed by atoms with Gasteiger partial charge in [-0.1, -0.05) is 72.9 Å². The van der Waals surface area contributed by atoms with Crippen LogP contribution in [0.1, 0.15) is 18.4 Å². The maximum atomic E-state index is 2.21. The van der Waals surface area contributed by atoms with E-state index in [1.165, 1.54) is 17.6 Å². The molecular weight excluding hydrogens is 192 g/mol. The van der Waals surface area contributed by atoms with Crippen molar-refractivity contribution in [3.63, 3.8) is 0 Å². The summed E-state index contributed by atoms with van der Waals surface area (Å²) in [5.74, 6) is 0. The van der Waals surface area contributed by atoms with Gasteiger partial charge in [-0.05, 0) is 24.0 Å². The molecule has 1 aliphatic rings. The van der Waals surface area contributed by atoms with Crippen LogP contribution in [-0.2, 0) is 0 Å². The first kappa shape index (κ1) is 10.7. The molecular formula is C16H16. The van der Waals surface area contributed by atoms with E-state index < -0.39 is 0 Å². The fourth-order valence-electron chi connectivity index (χ4n) is 1.67. The minimum absolute atomic E-state index is 1.16. The normalized spacial score (nSPS) is 15.9. The molecule has 1 aromatic rings. The molecule has 0 saturated heterocycles. The molecule has 0 unspecified atom stereocenters. The Morgan fingerprint density at radius 1 is 0.938 bits per heavy atom. The summed E-state index contributed by atoms with van der Waals surface area (Å²) in [4.78, 5) is 0. The Labute approximate surface area is 97.3 Å². The summed E-state index contributed by atoms with van der Waals surface area (Å²) in [6.45, 7) is 0. The summed E-state index contributed by atoms with van der Waals surface area (Å²) in [5, 5.41) is 0.